The Morgan fingerprint density at radius 1 is 0.903 bits per heavy atom. The Balaban J connectivity index is 0.00000231. The van der Waals surface area contributed by atoms with Gasteiger partial charge in [0.1, 0.15) is 5.82 Å². The van der Waals surface area contributed by atoms with Crippen LogP contribution in [0.25, 0.3) is 38.4 Å². The molecule has 0 bridgehead atoms. The summed E-state index contributed by atoms with van der Waals surface area (Å²) in [6.07, 6.45) is 0. The van der Waals surface area contributed by atoms with Gasteiger partial charge in [0, 0.05) is 25.6 Å². The van der Waals surface area contributed by atoms with Crippen LogP contribution in [0.5, 0.6) is 0 Å². The molecule has 0 spiro atoms. The molecule has 2 heterocycles. The average molecular weight is 602 g/mol. The Kier molecular flexibility index (Phi) is 5.89. The van der Waals surface area contributed by atoms with Gasteiger partial charge in [-0.1, -0.05) is 42.8 Å². The van der Waals surface area contributed by atoms with Crippen molar-refractivity contribution in [1.82, 2.24) is 19.7 Å². The first-order valence-electron chi connectivity index (χ1n) is 9.88. The minimum atomic E-state index is 0. The smallest absolute Gasteiger partial charge is 0.137 e. The molecule has 4 nitrogen and oxygen atoms in total. The molecule has 0 saturated carbocycles. The summed E-state index contributed by atoms with van der Waals surface area (Å²) in [6.45, 7) is 8.28. The normalized spacial score (nSPS) is 11.0. The predicted molar refractivity (Wildman–Crippen MR) is 123 cm³/mol. The Bertz CT molecular complexity index is 1360. The number of fused-ring (bicyclic) bond motifs is 1. The average Bonchev–Trinajstić information content (AvgIpc) is 3.36. The van der Waals surface area contributed by atoms with Crippen LogP contribution in [0.2, 0.25) is 0 Å². The number of hydrogen-bond acceptors (Lipinski definition) is 4. The summed E-state index contributed by atoms with van der Waals surface area (Å²) in [7, 11) is 0. The molecule has 3 aromatic carbocycles. The summed E-state index contributed by atoms with van der Waals surface area (Å²) >= 11 is 1.65. The molecule has 0 amide bonds. The van der Waals surface area contributed by atoms with E-state index in [2.05, 4.69) is 68.2 Å². The number of rotatable bonds is 3. The first-order chi connectivity index (χ1) is 14.5. The largest absolute Gasteiger partial charge is 0.293 e. The van der Waals surface area contributed by atoms with Gasteiger partial charge in [0.15, 0.2) is 0 Å². The second-order valence-electron chi connectivity index (χ2n) is 7.60. The van der Waals surface area contributed by atoms with Gasteiger partial charge in [-0.3, -0.25) is 14.6 Å². The van der Waals surface area contributed by atoms with Crippen LogP contribution in [0.3, 0.4) is 0 Å². The minimum Gasteiger partial charge on any atom is -0.293 e. The zero-order valence-electron chi connectivity index (χ0n) is 17.7. The third kappa shape index (κ3) is 3.76. The first-order valence-corrected chi connectivity index (χ1v) is 10.8. The third-order valence-corrected chi connectivity index (χ3v) is 6.30. The molecule has 0 aliphatic heterocycles. The number of benzene rings is 3. The number of aryl methyl sites for hydroxylation is 4. The van der Waals surface area contributed by atoms with Gasteiger partial charge < -0.3 is 0 Å². The number of aromatic nitrogens is 4. The Labute approximate surface area is 199 Å². The molecule has 5 aromatic rings. The second kappa shape index (κ2) is 8.46. The van der Waals surface area contributed by atoms with Gasteiger partial charge in [0.25, 0.3) is 0 Å². The number of thiazole rings is 1. The Morgan fingerprint density at radius 2 is 1.61 bits per heavy atom. The summed E-state index contributed by atoms with van der Waals surface area (Å²) < 4.78 is 3.12. The van der Waals surface area contributed by atoms with Crippen LogP contribution in [0.4, 0.5) is 0 Å². The van der Waals surface area contributed by atoms with Crippen LogP contribution >= 0.6 is 11.3 Å². The molecule has 6 heteroatoms. The molecule has 0 N–H and O–H groups in total. The van der Waals surface area contributed by atoms with Crippen molar-refractivity contribution in [2.24, 2.45) is 0 Å². The van der Waals surface area contributed by atoms with E-state index in [1.807, 2.05) is 29.2 Å². The molecule has 0 aliphatic carbocycles. The van der Waals surface area contributed by atoms with E-state index < -0.39 is 0 Å². The van der Waals surface area contributed by atoms with Crippen molar-refractivity contribution in [3.8, 4) is 28.2 Å². The van der Waals surface area contributed by atoms with E-state index in [0.29, 0.717) is 0 Å². The fourth-order valence-electron chi connectivity index (χ4n) is 4.01. The topological polar surface area (TPSA) is 43.6 Å². The van der Waals surface area contributed by atoms with E-state index in [0.717, 1.165) is 39.5 Å². The van der Waals surface area contributed by atoms with E-state index in [4.69, 9.17) is 10.1 Å². The zero-order valence-corrected chi connectivity index (χ0v) is 20.9. The van der Waals surface area contributed by atoms with E-state index in [1.54, 1.807) is 11.3 Å². The van der Waals surface area contributed by atoms with Crippen LogP contribution in [0.15, 0.2) is 54.0 Å². The Hall–Kier alpha value is -2.66. The van der Waals surface area contributed by atoms with Crippen LogP contribution in [0.1, 0.15) is 22.5 Å². The molecular formula is C25H21IrN4S-. The van der Waals surface area contributed by atoms with E-state index in [9.17, 15) is 0 Å². The standard InChI is InChI=1S/C25H21N4S.Ir/c1-15-10-11-21(22-24(15)30-14-26-22)25-27-18(4)28-29(25)23-16(2)12-20(13-17(23)3)19-8-6-5-7-9-19;/h5-10,12-14H,1-4H3;/q-1;. The maximum atomic E-state index is 4.76. The molecular weight excluding hydrogens is 581 g/mol. The SMILES string of the molecule is Cc1nc(-c2[c-]cc(C)c3scnc23)n(-c2c(C)cc(-c3ccccc3)cc2C)n1.[Ir]. The van der Waals surface area contributed by atoms with Crippen molar-refractivity contribution in [3.63, 3.8) is 0 Å². The van der Waals surface area contributed by atoms with Gasteiger partial charge in [0.2, 0.25) is 0 Å². The minimum absolute atomic E-state index is 0. The van der Waals surface area contributed by atoms with E-state index in [1.165, 1.54) is 21.4 Å². The van der Waals surface area contributed by atoms with Gasteiger partial charge in [-0.05, 0) is 59.9 Å². The second-order valence-corrected chi connectivity index (χ2v) is 8.45. The van der Waals surface area contributed by atoms with Crippen molar-refractivity contribution < 1.29 is 20.1 Å². The molecule has 0 aliphatic rings. The fourth-order valence-corrected chi connectivity index (χ4v) is 4.78. The van der Waals surface area contributed by atoms with Crippen molar-refractivity contribution in [1.29, 1.82) is 0 Å². The van der Waals surface area contributed by atoms with Crippen molar-refractivity contribution in [2.75, 3.05) is 0 Å². The molecule has 5 rings (SSSR count). The summed E-state index contributed by atoms with van der Waals surface area (Å²) in [5.74, 6) is 1.51. The van der Waals surface area contributed by atoms with Crippen LogP contribution in [-0.4, -0.2) is 19.7 Å². The van der Waals surface area contributed by atoms with Gasteiger partial charge in [0.05, 0.1) is 17.0 Å². The zero-order chi connectivity index (χ0) is 20.8. The molecule has 0 unspecified atom stereocenters. The van der Waals surface area contributed by atoms with Gasteiger partial charge in [-0.15, -0.1) is 29.0 Å². The summed E-state index contributed by atoms with van der Waals surface area (Å²) in [5.41, 5.74) is 10.7. The number of hydrogen-bond donors (Lipinski definition) is 0. The van der Waals surface area contributed by atoms with Crippen LogP contribution in [-0.2, 0) is 20.1 Å². The van der Waals surface area contributed by atoms with Crippen molar-refractivity contribution in [2.45, 2.75) is 27.7 Å². The third-order valence-electron chi connectivity index (χ3n) is 5.34. The predicted octanol–water partition coefficient (Wildman–Crippen LogP) is 6.24. The number of nitrogens with zero attached hydrogens (tertiary/aromatic N) is 4. The van der Waals surface area contributed by atoms with Gasteiger partial charge >= 0.3 is 0 Å². The molecule has 1 radical (unpaired) electrons. The quantitative estimate of drug-likeness (QED) is 0.230. The summed E-state index contributed by atoms with van der Waals surface area (Å²) in [5, 5.41) is 4.76. The summed E-state index contributed by atoms with van der Waals surface area (Å²) in [4.78, 5) is 9.37. The van der Waals surface area contributed by atoms with Gasteiger partial charge in [-0.2, -0.15) is 5.10 Å². The molecule has 2 aromatic heterocycles. The molecule has 157 valence electrons. The fraction of sp³-hybridized carbons (Fsp3) is 0.160. The molecule has 0 saturated heterocycles. The maximum absolute atomic E-state index is 4.76. The monoisotopic (exact) mass is 602 g/mol. The van der Waals surface area contributed by atoms with Crippen LogP contribution in [0, 0.1) is 33.8 Å². The van der Waals surface area contributed by atoms with E-state index >= 15 is 0 Å². The molecule has 0 atom stereocenters. The Morgan fingerprint density at radius 3 is 2.32 bits per heavy atom. The first kappa shape index (κ1) is 21.6. The van der Waals surface area contributed by atoms with E-state index in [-0.39, 0.29) is 20.1 Å². The van der Waals surface area contributed by atoms with Crippen molar-refractivity contribution >= 4 is 21.6 Å². The summed E-state index contributed by atoms with van der Waals surface area (Å²) in [6, 6.07) is 20.3. The maximum Gasteiger partial charge on any atom is 0.137 e. The molecule has 31 heavy (non-hydrogen) atoms. The van der Waals surface area contributed by atoms with Crippen molar-refractivity contribution in [3.05, 3.63) is 82.6 Å². The van der Waals surface area contributed by atoms with Gasteiger partial charge in [-0.25, -0.2) is 0 Å². The van der Waals surface area contributed by atoms with Crippen LogP contribution < -0.4 is 0 Å². The molecule has 0 fully saturated rings.